The second kappa shape index (κ2) is 8.11. The van der Waals surface area contributed by atoms with E-state index in [2.05, 4.69) is 40.9 Å². The number of benzene rings is 1. The number of rotatable bonds is 5. The number of amides is 1. The summed E-state index contributed by atoms with van der Waals surface area (Å²) >= 11 is 8.27. The fourth-order valence-corrected chi connectivity index (χ4v) is 2.86. The standard InChI is InChI=1S/C12H15N3O4S3/c1-8-2-4-9(5-3-8)10(15-17)6-22(18,19)7-11(16)13-14-12(20)21/h2-5,17H,6-7H2,1H3,(H,13,16)(H2,14,20,21)/b15-10-. The quantitative estimate of drug-likeness (QED) is 0.199. The maximum Gasteiger partial charge on any atom is 0.253 e. The van der Waals surface area contributed by atoms with Crippen LogP contribution in [0.3, 0.4) is 0 Å². The Balaban J connectivity index is 2.75. The van der Waals surface area contributed by atoms with Crippen LogP contribution in [0.25, 0.3) is 0 Å². The van der Waals surface area contributed by atoms with E-state index in [-0.39, 0.29) is 10.0 Å². The number of hydrogen-bond donors (Lipinski definition) is 4. The molecule has 1 amide bonds. The lowest BCUT2D eigenvalue weighted by Crippen LogP contribution is -2.42. The number of nitrogens with zero attached hydrogens (tertiary/aromatic N) is 1. The summed E-state index contributed by atoms with van der Waals surface area (Å²) in [5.41, 5.74) is 5.73. The molecule has 0 aliphatic carbocycles. The van der Waals surface area contributed by atoms with Gasteiger partial charge in [-0.1, -0.05) is 47.2 Å². The van der Waals surface area contributed by atoms with E-state index in [0.29, 0.717) is 5.56 Å². The molecule has 1 aromatic carbocycles. The van der Waals surface area contributed by atoms with Crippen molar-refractivity contribution in [2.75, 3.05) is 11.5 Å². The van der Waals surface area contributed by atoms with Crippen molar-refractivity contribution in [1.29, 1.82) is 0 Å². The van der Waals surface area contributed by atoms with Gasteiger partial charge in [0.25, 0.3) is 5.91 Å². The van der Waals surface area contributed by atoms with Crippen molar-refractivity contribution in [2.24, 2.45) is 5.16 Å². The number of aryl methyl sites for hydroxylation is 1. The van der Waals surface area contributed by atoms with E-state index in [4.69, 9.17) is 5.21 Å². The molecule has 0 saturated carbocycles. The highest BCUT2D eigenvalue weighted by molar-refractivity contribution is 8.11. The largest absolute Gasteiger partial charge is 0.411 e. The lowest BCUT2D eigenvalue weighted by Gasteiger charge is -2.08. The van der Waals surface area contributed by atoms with Crippen LogP contribution in [0.4, 0.5) is 0 Å². The molecule has 1 rings (SSSR count). The van der Waals surface area contributed by atoms with Crippen molar-refractivity contribution in [3.8, 4) is 0 Å². The molecular formula is C12H15N3O4S3. The first kappa shape index (κ1) is 18.4. The number of sulfone groups is 1. The average Bonchev–Trinajstić information content (AvgIpc) is 2.43. The normalized spacial score (nSPS) is 11.8. The number of nitrogens with one attached hydrogen (secondary N) is 2. The molecule has 0 aliphatic heterocycles. The number of thiol groups is 1. The average molecular weight is 361 g/mol. The van der Waals surface area contributed by atoms with Gasteiger partial charge in [0, 0.05) is 5.56 Å². The van der Waals surface area contributed by atoms with Crippen LogP contribution in [0.15, 0.2) is 29.4 Å². The number of carbonyl (C=O) groups excluding carboxylic acids is 1. The van der Waals surface area contributed by atoms with E-state index in [1.54, 1.807) is 24.3 Å². The summed E-state index contributed by atoms with van der Waals surface area (Å²) in [4.78, 5) is 11.5. The Labute approximate surface area is 139 Å². The van der Waals surface area contributed by atoms with E-state index in [0.717, 1.165) is 5.56 Å². The van der Waals surface area contributed by atoms with E-state index in [1.165, 1.54) is 0 Å². The van der Waals surface area contributed by atoms with E-state index >= 15 is 0 Å². The number of carbonyl (C=O) groups is 1. The second-order valence-electron chi connectivity index (χ2n) is 4.42. The van der Waals surface area contributed by atoms with Crippen molar-refractivity contribution >= 4 is 50.6 Å². The van der Waals surface area contributed by atoms with E-state index in [1.807, 2.05) is 6.92 Å². The summed E-state index contributed by atoms with van der Waals surface area (Å²) in [6.45, 7) is 1.87. The summed E-state index contributed by atoms with van der Waals surface area (Å²) in [6.07, 6.45) is 0. The van der Waals surface area contributed by atoms with Crippen LogP contribution >= 0.6 is 24.8 Å². The third-order valence-corrected chi connectivity index (χ3v) is 4.15. The molecule has 120 valence electrons. The Morgan fingerprint density at radius 2 is 1.86 bits per heavy atom. The Bertz CT molecular complexity index is 684. The van der Waals surface area contributed by atoms with E-state index < -0.39 is 27.3 Å². The van der Waals surface area contributed by atoms with Gasteiger partial charge in [0.15, 0.2) is 9.84 Å². The highest BCUT2D eigenvalue weighted by atomic mass is 32.2. The van der Waals surface area contributed by atoms with Crippen LogP contribution in [0.5, 0.6) is 0 Å². The number of oxime groups is 1. The highest BCUT2D eigenvalue weighted by Gasteiger charge is 2.21. The maximum atomic E-state index is 12.0. The maximum absolute atomic E-state index is 12.0. The molecule has 0 bridgehead atoms. The lowest BCUT2D eigenvalue weighted by atomic mass is 10.1. The Kier molecular flexibility index (Phi) is 6.78. The molecule has 7 nitrogen and oxygen atoms in total. The third kappa shape index (κ3) is 6.41. The zero-order valence-corrected chi connectivity index (χ0v) is 14.1. The molecule has 1 aromatic rings. The zero-order chi connectivity index (χ0) is 16.8. The van der Waals surface area contributed by atoms with Gasteiger partial charge in [0.2, 0.25) is 0 Å². The van der Waals surface area contributed by atoms with Gasteiger partial charge in [-0.25, -0.2) is 8.42 Å². The fraction of sp³-hybridized carbons (Fsp3) is 0.250. The minimum absolute atomic E-state index is 0.00279. The van der Waals surface area contributed by atoms with Gasteiger partial charge in [0.1, 0.15) is 15.8 Å². The van der Waals surface area contributed by atoms with Crippen LogP contribution in [-0.4, -0.2) is 41.1 Å². The summed E-state index contributed by atoms with van der Waals surface area (Å²) < 4.78 is 23.9. The Morgan fingerprint density at radius 3 is 2.36 bits per heavy atom. The van der Waals surface area contributed by atoms with Gasteiger partial charge in [-0.05, 0) is 6.92 Å². The third-order valence-electron chi connectivity index (χ3n) is 2.52. The SMILES string of the molecule is Cc1ccc(/C(CS(=O)(=O)CC(=O)NNC(=S)S)=N\O)cc1. The first-order valence-electron chi connectivity index (χ1n) is 5.99. The second-order valence-corrected chi connectivity index (χ2v) is 7.65. The summed E-state index contributed by atoms with van der Waals surface area (Å²) in [6, 6.07) is 6.80. The Hall–Kier alpha value is -1.65. The lowest BCUT2D eigenvalue weighted by molar-refractivity contribution is -0.119. The number of hydrogen-bond acceptors (Lipinski definition) is 6. The highest BCUT2D eigenvalue weighted by Crippen LogP contribution is 2.07. The molecule has 0 heterocycles. The van der Waals surface area contributed by atoms with Crippen LogP contribution in [-0.2, 0) is 14.6 Å². The van der Waals surface area contributed by atoms with Gasteiger partial charge < -0.3 is 5.21 Å². The topological polar surface area (TPSA) is 108 Å². The fourth-order valence-electron chi connectivity index (χ4n) is 1.53. The van der Waals surface area contributed by atoms with Crippen molar-refractivity contribution in [3.63, 3.8) is 0 Å². The molecule has 0 radical (unpaired) electrons. The predicted molar refractivity (Wildman–Crippen MR) is 91.0 cm³/mol. The monoisotopic (exact) mass is 361 g/mol. The van der Waals surface area contributed by atoms with Gasteiger partial charge >= 0.3 is 0 Å². The van der Waals surface area contributed by atoms with Gasteiger partial charge in [-0.15, -0.1) is 12.6 Å². The molecule has 0 saturated heterocycles. The molecule has 22 heavy (non-hydrogen) atoms. The molecule has 0 unspecified atom stereocenters. The van der Waals surface area contributed by atoms with Crippen molar-refractivity contribution < 1.29 is 18.4 Å². The smallest absolute Gasteiger partial charge is 0.253 e. The first-order chi connectivity index (χ1) is 10.2. The molecule has 3 N–H and O–H groups in total. The van der Waals surface area contributed by atoms with Gasteiger partial charge in [-0.3, -0.25) is 15.6 Å². The van der Waals surface area contributed by atoms with Crippen LogP contribution in [0, 0.1) is 6.92 Å². The van der Waals surface area contributed by atoms with Gasteiger partial charge in [-0.2, -0.15) is 0 Å². The summed E-state index contributed by atoms with van der Waals surface area (Å²) in [7, 11) is -3.81. The predicted octanol–water partition coefficient (Wildman–Crippen LogP) is 0.424. The molecule has 10 heteroatoms. The van der Waals surface area contributed by atoms with Gasteiger partial charge in [0.05, 0.1) is 5.75 Å². The summed E-state index contributed by atoms with van der Waals surface area (Å²) in [5.74, 6) is -2.13. The van der Waals surface area contributed by atoms with E-state index in [9.17, 15) is 13.2 Å². The van der Waals surface area contributed by atoms with Crippen molar-refractivity contribution in [2.45, 2.75) is 6.92 Å². The number of thiocarbonyl (C=S) groups is 1. The van der Waals surface area contributed by atoms with Crippen LogP contribution in [0.2, 0.25) is 0 Å². The van der Waals surface area contributed by atoms with Crippen molar-refractivity contribution in [1.82, 2.24) is 10.9 Å². The molecule has 0 aromatic heterocycles. The van der Waals surface area contributed by atoms with Crippen LogP contribution in [0.1, 0.15) is 11.1 Å². The van der Waals surface area contributed by atoms with Crippen LogP contribution < -0.4 is 10.9 Å². The van der Waals surface area contributed by atoms with Crippen molar-refractivity contribution in [3.05, 3.63) is 35.4 Å². The molecule has 0 spiro atoms. The number of hydrazine groups is 1. The zero-order valence-electron chi connectivity index (χ0n) is 11.6. The minimum Gasteiger partial charge on any atom is -0.411 e. The first-order valence-corrected chi connectivity index (χ1v) is 8.67. The minimum atomic E-state index is -3.81. The molecule has 0 fully saturated rings. The summed E-state index contributed by atoms with van der Waals surface area (Å²) in [5, 5.41) is 12.0. The molecular weight excluding hydrogens is 346 g/mol. The Morgan fingerprint density at radius 1 is 1.27 bits per heavy atom. The molecule has 0 atom stereocenters. The molecule has 0 aliphatic rings.